The van der Waals surface area contributed by atoms with Gasteiger partial charge in [-0.3, -0.25) is 19.2 Å². The van der Waals surface area contributed by atoms with Crippen LogP contribution in [0.15, 0.2) is 0 Å². The molecule has 0 aromatic rings. The number of hydrogen-bond donors (Lipinski definition) is 1. The molecule has 24 heavy (non-hydrogen) atoms. The standard InChI is InChI=1S/C14H20O10/c1-6(15)20-5-10-11(21-7(2)16)12(22-8(3)17)13(14(19)24-10)23-9(4)18/h10-14,19H,5H2,1-4H3/t10-,11?,12?,13?,14?/m1/s1. The fourth-order valence-electron chi connectivity index (χ4n) is 2.21. The number of aliphatic hydroxyl groups excluding tert-OH is 1. The molecular formula is C14H20O10. The molecule has 0 aromatic carbocycles. The van der Waals surface area contributed by atoms with Crippen LogP contribution in [0.1, 0.15) is 27.7 Å². The lowest BCUT2D eigenvalue weighted by Crippen LogP contribution is -2.62. The van der Waals surface area contributed by atoms with Crippen molar-refractivity contribution in [1.29, 1.82) is 0 Å². The summed E-state index contributed by atoms with van der Waals surface area (Å²) in [5, 5.41) is 10.0. The van der Waals surface area contributed by atoms with Crippen molar-refractivity contribution in [3.05, 3.63) is 0 Å². The van der Waals surface area contributed by atoms with Crippen molar-refractivity contribution in [1.82, 2.24) is 0 Å². The molecule has 0 aliphatic carbocycles. The fraction of sp³-hybridized carbons (Fsp3) is 0.714. The molecule has 0 saturated carbocycles. The molecule has 1 heterocycles. The first kappa shape index (κ1) is 19.8. The first-order valence-electron chi connectivity index (χ1n) is 7.10. The molecule has 0 spiro atoms. The zero-order valence-electron chi connectivity index (χ0n) is 13.7. The van der Waals surface area contributed by atoms with E-state index in [-0.39, 0.29) is 6.61 Å². The summed E-state index contributed by atoms with van der Waals surface area (Å²) in [6.45, 7) is 4.09. The predicted molar refractivity (Wildman–Crippen MR) is 74.2 cm³/mol. The van der Waals surface area contributed by atoms with E-state index < -0.39 is 54.6 Å². The van der Waals surface area contributed by atoms with Crippen molar-refractivity contribution < 1.29 is 48.0 Å². The third-order valence-electron chi connectivity index (χ3n) is 2.97. The summed E-state index contributed by atoms with van der Waals surface area (Å²) in [6, 6.07) is 0. The van der Waals surface area contributed by atoms with Crippen LogP contribution in [0.2, 0.25) is 0 Å². The number of carbonyl (C=O) groups excluding carboxylic acids is 4. The Morgan fingerprint density at radius 2 is 1.25 bits per heavy atom. The topological polar surface area (TPSA) is 135 Å². The second-order valence-electron chi connectivity index (χ2n) is 5.09. The summed E-state index contributed by atoms with van der Waals surface area (Å²) < 4.78 is 25.0. The highest BCUT2D eigenvalue weighted by atomic mass is 16.7. The van der Waals surface area contributed by atoms with E-state index >= 15 is 0 Å². The first-order valence-corrected chi connectivity index (χ1v) is 7.10. The summed E-state index contributed by atoms with van der Waals surface area (Å²) in [5.41, 5.74) is 0. The molecular weight excluding hydrogens is 328 g/mol. The Kier molecular flexibility index (Phi) is 7.11. The van der Waals surface area contributed by atoms with Gasteiger partial charge < -0.3 is 28.8 Å². The number of ether oxygens (including phenoxy) is 5. The average molecular weight is 348 g/mol. The van der Waals surface area contributed by atoms with Crippen molar-refractivity contribution in [3.63, 3.8) is 0 Å². The molecule has 1 aliphatic rings. The second kappa shape index (κ2) is 8.60. The molecule has 5 atom stereocenters. The van der Waals surface area contributed by atoms with Gasteiger partial charge in [0.1, 0.15) is 12.7 Å². The SMILES string of the molecule is CC(=O)OC[C@H]1OC(O)C(OC(C)=O)C(OC(C)=O)C1OC(C)=O. The van der Waals surface area contributed by atoms with Crippen LogP contribution in [0.3, 0.4) is 0 Å². The predicted octanol–water partition coefficient (Wildman–Crippen LogP) is -0.938. The summed E-state index contributed by atoms with van der Waals surface area (Å²) in [7, 11) is 0. The van der Waals surface area contributed by atoms with Crippen LogP contribution < -0.4 is 0 Å². The second-order valence-corrected chi connectivity index (χ2v) is 5.09. The lowest BCUT2D eigenvalue weighted by Gasteiger charge is -2.42. The summed E-state index contributed by atoms with van der Waals surface area (Å²) in [5.74, 6) is -2.87. The molecule has 0 amide bonds. The van der Waals surface area contributed by atoms with Crippen LogP contribution in [0.5, 0.6) is 0 Å². The number of hydrogen-bond acceptors (Lipinski definition) is 10. The van der Waals surface area contributed by atoms with Crippen LogP contribution in [0.4, 0.5) is 0 Å². The normalized spacial score (nSPS) is 29.3. The van der Waals surface area contributed by atoms with Gasteiger partial charge in [0.05, 0.1) is 0 Å². The number of carbonyl (C=O) groups is 4. The quantitative estimate of drug-likeness (QED) is 0.490. The van der Waals surface area contributed by atoms with E-state index in [1.54, 1.807) is 0 Å². The lowest BCUT2D eigenvalue weighted by atomic mass is 9.98. The molecule has 0 aromatic heterocycles. The Balaban J connectivity index is 3.11. The average Bonchev–Trinajstić information content (AvgIpc) is 2.42. The Bertz CT molecular complexity index is 502. The minimum atomic E-state index is -1.68. The minimum Gasteiger partial charge on any atom is -0.463 e. The third kappa shape index (κ3) is 5.78. The molecule has 4 unspecified atom stereocenters. The molecule has 10 nitrogen and oxygen atoms in total. The van der Waals surface area contributed by atoms with E-state index in [2.05, 4.69) is 0 Å². The van der Waals surface area contributed by atoms with Gasteiger partial charge in [0, 0.05) is 27.7 Å². The van der Waals surface area contributed by atoms with E-state index in [1.165, 1.54) is 0 Å². The van der Waals surface area contributed by atoms with Crippen LogP contribution >= 0.6 is 0 Å². The molecule has 0 bridgehead atoms. The first-order chi connectivity index (χ1) is 11.1. The molecule has 0 radical (unpaired) electrons. The highest BCUT2D eigenvalue weighted by Crippen LogP contribution is 2.28. The number of rotatable bonds is 5. The highest BCUT2D eigenvalue weighted by Gasteiger charge is 2.51. The van der Waals surface area contributed by atoms with Gasteiger partial charge in [0.15, 0.2) is 24.6 Å². The summed E-state index contributed by atoms with van der Waals surface area (Å²) in [4.78, 5) is 44.9. The Morgan fingerprint density at radius 3 is 1.71 bits per heavy atom. The molecule has 136 valence electrons. The van der Waals surface area contributed by atoms with E-state index in [1.807, 2.05) is 0 Å². The molecule has 10 heteroatoms. The van der Waals surface area contributed by atoms with Gasteiger partial charge in [-0.05, 0) is 0 Å². The van der Waals surface area contributed by atoms with Crippen molar-refractivity contribution in [2.45, 2.75) is 58.4 Å². The van der Waals surface area contributed by atoms with Crippen molar-refractivity contribution >= 4 is 23.9 Å². The van der Waals surface area contributed by atoms with Crippen molar-refractivity contribution in [2.24, 2.45) is 0 Å². The van der Waals surface area contributed by atoms with Crippen molar-refractivity contribution in [2.75, 3.05) is 6.61 Å². The number of esters is 4. The van der Waals surface area contributed by atoms with E-state index in [0.29, 0.717) is 0 Å². The molecule has 1 fully saturated rings. The van der Waals surface area contributed by atoms with Gasteiger partial charge in [-0.2, -0.15) is 0 Å². The van der Waals surface area contributed by atoms with Crippen LogP contribution in [-0.4, -0.2) is 66.3 Å². The Morgan fingerprint density at radius 1 is 0.792 bits per heavy atom. The van der Waals surface area contributed by atoms with Gasteiger partial charge in [-0.15, -0.1) is 0 Å². The zero-order valence-corrected chi connectivity index (χ0v) is 13.7. The van der Waals surface area contributed by atoms with Gasteiger partial charge in [0.2, 0.25) is 0 Å². The Hall–Kier alpha value is -2.20. The molecule has 1 aliphatic heterocycles. The van der Waals surface area contributed by atoms with Crippen molar-refractivity contribution in [3.8, 4) is 0 Å². The third-order valence-corrected chi connectivity index (χ3v) is 2.97. The maximum absolute atomic E-state index is 11.3. The summed E-state index contributed by atoms with van der Waals surface area (Å²) >= 11 is 0. The van der Waals surface area contributed by atoms with Crippen LogP contribution in [0, 0.1) is 0 Å². The van der Waals surface area contributed by atoms with Gasteiger partial charge in [-0.1, -0.05) is 0 Å². The smallest absolute Gasteiger partial charge is 0.303 e. The van der Waals surface area contributed by atoms with Gasteiger partial charge in [0.25, 0.3) is 0 Å². The molecule has 1 saturated heterocycles. The highest BCUT2D eigenvalue weighted by molar-refractivity contribution is 5.68. The van der Waals surface area contributed by atoms with Gasteiger partial charge >= 0.3 is 23.9 Å². The number of aliphatic hydroxyl groups is 1. The molecule has 1 N–H and O–H groups in total. The Labute approximate surface area is 137 Å². The largest absolute Gasteiger partial charge is 0.463 e. The minimum absolute atomic E-state index is 0.366. The maximum atomic E-state index is 11.3. The van der Waals surface area contributed by atoms with Gasteiger partial charge in [-0.25, -0.2) is 0 Å². The maximum Gasteiger partial charge on any atom is 0.303 e. The fourth-order valence-corrected chi connectivity index (χ4v) is 2.21. The van der Waals surface area contributed by atoms with E-state index in [4.69, 9.17) is 23.7 Å². The van der Waals surface area contributed by atoms with Crippen LogP contribution in [-0.2, 0) is 42.9 Å². The van der Waals surface area contributed by atoms with Crippen LogP contribution in [0.25, 0.3) is 0 Å². The lowest BCUT2D eigenvalue weighted by molar-refractivity contribution is -0.296. The van der Waals surface area contributed by atoms with E-state index in [0.717, 1.165) is 27.7 Å². The molecule has 1 rings (SSSR count). The van der Waals surface area contributed by atoms with E-state index in [9.17, 15) is 24.3 Å². The summed E-state index contributed by atoms with van der Waals surface area (Å²) in [6.07, 6.45) is -6.79. The monoisotopic (exact) mass is 348 g/mol. The zero-order chi connectivity index (χ0) is 18.4.